The SMILES string of the molecule is CC(C)(C)OC(=O)N[C@@H](c1ccccc1)c1cccc(OCc2nc(CO)co2)c1. The summed E-state index contributed by atoms with van der Waals surface area (Å²) in [4.78, 5) is 16.5. The zero-order valence-electron chi connectivity index (χ0n) is 17.3. The van der Waals surface area contributed by atoms with Crippen molar-refractivity contribution in [3.63, 3.8) is 0 Å². The van der Waals surface area contributed by atoms with Crippen molar-refractivity contribution in [2.24, 2.45) is 0 Å². The van der Waals surface area contributed by atoms with Gasteiger partial charge in [-0.15, -0.1) is 0 Å². The van der Waals surface area contributed by atoms with Crippen molar-refractivity contribution in [3.8, 4) is 5.75 Å². The highest BCUT2D eigenvalue weighted by atomic mass is 16.6. The second-order valence-corrected chi connectivity index (χ2v) is 7.74. The number of oxazole rings is 1. The number of benzene rings is 2. The monoisotopic (exact) mass is 410 g/mol. The van der Waals surface area contributed by atoms with E-state index in [0.29, 0.717) is 17.3 Å². The van der Waals surface area contributed by atoms with Gasteiger partial charge in [-0.25, -0.2) is 9.78 Å². The van der Waals surface area contributed by atoms with Gasteiger partial charge in [0.2, 0.25) is 5.89 Å². The topological polar surface area (TPSA) is 93.8 Å². The molecule has 0 fully saturated rings. The molecule has 7 nitrogen and oxygen atoms in total. The molecule has 1 amide bonds. The third kappa shape index (κ3) is 6.09. The van der Waals surface area contributed by atoms with Gasteiger partial charge in [0.05, 0.1) is 12.6 Å². The van der Waals surface area contributed by atoms with Gasteiger partial charge in [-0.3, -0.25) is 0 Å². The van der Waals surface area contributed by atoms with Crippen molar-refractivity contribution in [2.45, 2.75) is 45.6 Å². The summed E-state index contributed by atoms with van der Waals surface area (Å²) in [5.74, 6) is 0.971. The van der Waals surface area contributed by atoms with Gasteiger partial charge in [0.25, 0.3) is 0 Å². The van der Waals surface area contributed by atoms with Gasteiger partial charge in [0.1, 0.15) is 23.3 Å². The van der Waals surface area contributed by atoms with Crippen LogP contribution in [0.25, 0.3) is 0 Å². The summed E-state index contributed by atoms with van der Waals surface area (Å²) in [7, 11) is 0. The summed E-state index contributed by atoms with van der Waals surface area (Å²) >= 11 is 0. The Morgan fingerprint density at radius 1 is 1.13 bits per heavy atom. The lowest BCUT2D eigenvalue weighted by Gasteiger charge is -2.24. The fourth-order valence-corrected chi connectivity index (χ4v) is 2.85. The van der Waals surface area contributed by atoms with Crippen molar-refractivity contribution in [3.05, 3.63) is 83.6 Å². The summed E-state index contributed by atoms with van der Waals surface area (Å²) < 4.78 is 16.5. The Hall–Kier alpha value is -3.32. The number of hydrogen-bond donors (Lipinski definition) is 2. The predicted octanol–water partition coefficient (Wildman–Crippen LogP) is 4.36. The molecule has 2 N–H and O–H groups in total. The van der Waals surface area contributed by atoms with E-state index in [0.717, 1.165) is 11.1 Å². The highest BCUT2D eigenvalue weighted by Gasteiger charge is 2.22. The molecule has 1 aromatic heterocycles. The van der Waals surface area contributed by atoms with Crippen LogP contribution < -0.4 is 10.1 Å². The molecule has 158 valence electrons. The first kappa shape index (κ1) is 21.4. The molecule has 0 saturated carbocycles. The summed E-state index contributed by atoms with van der Waals surface area (Å²) in [6.07, 6.45) is 0.893. The molecule has 0 spiro atoms. The van der Waals surface area contributed by atoms with Gasteiger partial charge in [-0.05, 0) is 44.0 Å². The molecule has 30 heavy (non-hydrogen) atoms. The van der Waals surface area contributed by atoms with Crippen LogP contribution >= 0.6 is 0 Å². The van der Waals surface area contributed by atoms with Crippen molar-refractivity contribution < 1.29 is 23.8 Å². The van der Waals surface area contributed by atoms with Crippen LogP contribution in [0.4, 0.5) is 4.79 Å². The van der Waals surface area contributed by atoms with Gasteiger partial charge >= 0.3 is 6.09 Å². The molecular weight excluding hydrogens is 384 g/mol. The molecule has 1 heterocycles. The van der Waals surface area contributed by atoms with Gasteiger partial charge in [-0.2, -0.15) is 0 Å². The number of carbonyl (C=O) groups excluding carboxylic acids is 1. The van der Waals surface area contributed by atoms with E-state index in [2.05, 4.69) is 10.3 Å². The zero-order valence-corrected chi connectivity index (χ0v) is 17.3. The van der Waals surface area contributed by atoms with Crippen molar-refractivity contribution in [1.29, 1.82) is 0 Å². The Kier molecular flexibility index (Phi) is 6.74. The Labute approximate surface area is 175 Å². The first-order chi connectivity index (χ1) is 14.3. The zero-order chi connectivity index (χ0) is 21.6. The number of ether oxygens (including phenoxy) is 2. The van der Waals surface area contributed by atoms with Crippen LogP contribution in [0.1, 0.15) is 49.5 Å². The minimum absolute atomic E-state index is 0.124. The van der Waals surface area contributed by atoms with Crippen LogP contribution in [0.15, 0.2) is 65.3 Å². The summed E-state index contributed by atoms with van der Waals surface area (Å²) in [5, 5.41) is 12.0. The molecule has 0 bridgehead atoms. The molecular formula is C23H26N2O5. The second kappa shape index (κ2) is 9.45. The minimum Gasteiger partial charge on any atom is -0.484 e. The number of aliphatic hydroxyl groups is 1. The molecule has 0 radical (unpaired) electrons. The van der Waals surface area contributed by atoms with Crippen LogP contribution in [0, 0.1) is 0 Å². The maximum Gasteiger partial charge on any atom is 0.408 e. The van der Waals surface area contributed by atoms with Crippen molar-refractivity contribution >= 4 is 6.09 Å². The molecule has 1 atom stereocenters. The second-order valence-electron chi connectivity index (χ2n) is 7.74. The highest BCUT2D eigenvalue weighted by Crippen LogP contribution is 2.26. The Morgan fingerprint density at radius 3 is 2.53 bits per heavy atom. The van der Waals surface area contributed by atoms with Crippen LogP contribution in [0.2, 0.25) is 0 Å². The number of nitrogens with one attached hydrogen (secondary N) is 1. The fourth-order valence-electron chi connectivity index (χ4n) is 2.85. The van der Waals surface area contributed by atoms with E-state index in [1.807, 2.05) is 75.4 Å². The van der Waals surface area contributed by atoms with Crippen LogP contribution in [-0.4, -0.2) is 21.8 Å². The molecule has 7 heteroatoms. The highest BCUT2D eigenvalue weighted by molar-refractivity contribution is 5.69. The first-order valence-electron chi connectivity index (χ1n) is 9.65. The van der Waals surface area contributed by atoms with E-state index in [-0.39, 0.29) is 13.2 Å². The molecule has 2 aromatic carbocycles. The number of rotatable bonds is 7. The number of aromatic nitrogens is 1. The molecule has 0 unspecified atom stereocenters. The van der Waals surface area contributed by atoms with E-state index in [1.165, 1.54) is 6.26 Å². The Morgan fingerprint density at radius 2 is 1.87 bits per heavy atom. The number of aliphatic hydroxyl groups excluding tert-OH is 1. The quantitative estimate of drug-likeness (QED) is 0.601. The molecule has 0 aliphatic carbocycles. The van der Waals surface area contributed by atoms with Crippen molar-refractivity contribution in [1.82, 2.24) is 10.3 Å². The lowest BCUT2D eigenvalue weighted by atomic mass is 9.98. The van der Waals surface area contributed by atoms with Gasteiger partial charge in [-0.1, -0.05) is 42.5 Å². The minimum atomic E-state index is -0.597. The molecule has 0 aliphatic heterocycles. The maximum absolute atomic E-state index is 12.4. The number of amides is 1. The van der Waals surface area contributed by atoms with E-state index < -0.39 is 17.7 Å². The molecule has 3 aromatic rings. The van der Waals surface area contributed by atoms with Crippen LogP contribution in [0.5, 0.6) is 5.75 Å². The van der Waals surface area contributed by atoms with Gasteiger partial charge in [0, 0.05) is 0 Å². The molecule has 0 aliphatic rings. The van der Waals surface area contributed by atoms with E-state index >= 15 is 0 Å². The smallest absolute Gasteiger partial charge is 0.408 e. The largest absolute Gasteiger partial charge is 0.484 e. The van der Waals surface area contributed by atoms with Crippen LogP contribution in [0.3, 0.4) is 0 Å². The average molecular weight is 410 g/mol. The lowest BCUT2D eigenvalue weighted by Crippen LogP contribution is -2.35. The van der Waals surface area contributed by atoms with Gasteiger partial charge in [0.15, 0.2) is 6.61 Å². The van der Waals surface area contributed by atoms with E-state index in [4.69, 9.17) is 19.0 Å². The van der Waals surface area contributed by atoms with Crippen molar-refractivity contribution in [2.75, 3.05) is 0 Å². The van der Waals surface area contributed by atoms with Gasteiger partial charge < -0.3 is 24.3 Å². The third-order valence-electron chi connectivity index (χ3n) is 4.11. The average Bonchev–Trinajstić information content (AvgIpc) is 3.18. The lowest BCUT2D eigenvalue weighted by molar-refractivity contribution is 0.0512. The van der Waals surface area contributed by atoms with E-state index in [1.54, 1.807) is 0 Å². The Bertz CT molecular complexity index is 963. The number of alkyl carbamates (subject to hydrolysis) is 1. The Balaban J connectivity index is 1.79. The normalized spacial score (nSPS) is 12.3. The third-order valence-corrected chi connectivity index (χ3v) is 4.11. The summed E-state index contributed by atoms with van der Waals surface area (Å²) in [6.45, 7) is 5.41. The number of carbonyl (C=O) groups is 1. The van der Waals surface area contributed by atoms with E-state index in [9.17, 15) is 4.79 Å². The maximum atomic E-state index is 12.4. The molecule has 0 saturated heterocycles. The number of hydrogen-bond acceptors (Lipinski definition) is 6. The van der Waals surface area contributed by atoms with Crippen LogP contribution in [-0.2, 0) is 18.0 Å². The molecule has 3 rings (SSSR count). The standard InChI is InChI=1S/C23H26N2O5/c1-23(2,3)30-22(27)25-21(16-8-5-4-6-9-16)17-10-7-11-19(12-17)28-15-20-24-18(13-26)14-29-20/h4-12,14,21,26H,13,15H2,1-3H3,(H,25,27)/t21-/m0/s1. The first-order valence-corrected chi connectivity index (χ1v) is 9.65. The summed E-state index contributed by atoms with van der Waals surface area (Å²) in [6, 6.07) is 16.7. The predicted molar refractivity (Wildman–Crippen MR) is 111 cm³/mol. The summed E-state index contributed by atoms with van der Waals surface area (Å²) in [5.41, 5.74) is 1.61. The fraction of sp³-hybridized carbons (Fsp3) is 0.304. The number of nitrogens with zero attached hydrogens (tertiary/aromatic N) is 1.